The second-order valence-corrected chi connectivity index (χ2v) is 8.61. The predicted molar refractivity (Wildman–Crippen MR) is 133 cm³/mol. The molecule has 0 aliphatic carbocycles. The SMILES string of the molecule is CCOC(=O)N1CCN(C(=O)C(C)n2cc(NC(=S)NCc3cn(CC)nc3C)c(C)n2)CC1. The molecule has 1 fully saturated rings. The number of aryl methyl sites for hydroxylation is 3. The van der Waals surface area contributed by atoms with E-state index in [9.17, 15) is 9.59 Å². The summed E-state index contributed by atoms with van der Waals surface area (Å²) in [4.78, 5) is 28.3. The molecule has 0 bridgehead atoms. The zero-order chi connectivity index (χ0) is 24.8. The molecule has 34 heavy (non-hydrogen) atoms. The molecule has 186 valence electrons. The van der Waals surface area contributed by atoms with Crippen LogP contribution in [0.5, 0.6) is 0 Å². The molecule has 0 saturated carbocycles. The number of rotatable bonds is 7. The molecule has 0 radical (unpaired) electrons. The van der Waals surface area contributed by atoms with Gasteiger partial charge in [-0.3, -0.25) is 14.2 Å². The van der Waals surface area contributed by atoms with Gasteiger partial charge in [-0.25, -0.2) is 4.79 Å². The summed E-state index contributed by atoms with van der Waals surface area (Å²) in [7, 11) is 0. The van der Waals surface area contributed by atoms with Crippen molar-refractivity contribution in [3.05, 3.63) is 29.3 Å². The van der Waals surface area contributed by atoms with Crippen molar-refractivity contribution < 1.29 is 14.3 Å². The van der Waals surface area contributed by atoms with Crippen LogP contribution in [0.15, 0.2) is 12.4 Å². The molecule has 2 aromatic rings. The van der Waals surface area contributed by atoms with E-state index in [1.807, 2.05) is 38.6 Å². The summed E-state index contributed by atoms with van der Waals surface area (Å²) in [5, 5.41) is 15.8. The molecule has 3 heterocycles. The molecule has 1 aliphatic heterocycles. The lowest BCUT2D eigenvalue weighted by Gasteiger charge is -2.35. The Bertz CT molecular complexity index is 1030. The maximum atomic E-state index is 13.0. The van der Waals surface area contributed by atoms with Crippen molar-refractivity contribution >= 4 is 35.0 Å². The molecule has 1 aliphatic rings. The van der Waals surface area contributed by atoms with Gasteiger partial charge in [0.2, 0.25) is 5.91 Å². The van der Waals surface area contributed by atoms with E-state index >= 15 is 0 Å². The Labute approximate surface area is 205 Å². The highest BCUT2D eigenvalue weighted by Gasteiger charge is 2.29. The maximum absolute atomic E-state index is 13.0. The van der Waals surface area contributed by atoms with Crippen LogP contribution in [0.3, 0.4) is 0 Å². The first kappa shape index (κ1) is 25.5. The molecule has 11 nitrogen and oxygen atoms in total. The van der Waals surface area contributed by atoms with Crippen molar-refractivity contribution in [1.29, 1.82) is 0 Å². The van der Waals surface area contributed by atoms with E-state index in [-0.39, 0.29) is 12.0 Å². The molecule has 1 saturated heterocycles. The number of carbonyl (C=O) groups excluding carboxylic acids is 2. The highest BCUT2D eigenvalue weighted by atomic mass is 32.1. The fraction of sp³-hybridized carbons (Fsp3) is 0.591. The monoisotopic (exact) mass is 490 g/mol. The molecule has 1 unspecified atom stereocenters. The van der Waals surface area contributed by atoms with Crippen molar-refractivity contribution in [2.75, 3.05) is 38.1 Å². The number of hydrogen-bond acceptors (Lipinski definition) is 6. The van der Waals surface area contributed by atoms with Gasteiger partial charge in [-0.15, -0.1) is 0 Å². The van der Waals surface area contributed by atoms with E-state index in [1.54, 1.807) is 27.6 Å². The highest BCUT2D eigenvalue weighted by Crippen LogP contribution is 2.19. The zero-order valence-electron chi connectivity index (χ0n) is 20.5. The largest absolute Gasteiger partial charge is 0.450 e. The van der Waals surface area contributed by atoms with Gasteiger partial charge in [0.05, 0.1) is 23.7 Å². The quantitative estimate of drug-likeness (QED) is 0.568. The molecular formula is C22H34N8O3S. The van der Waals surface area contributed by atoms with Crippen molar-refractivity contribution in [3.63, 3.8) is 0 Å². The third kappa shape index (κ3) is 6.04. The van der Waals surface area contributed by atoms with Crippen LogP contribution in [0.25, 0.3) is 0 Å². The van der Waals surface area contributed by atoms with E-state index in [0.717, 1.165) is 29.2 Å². The van der Waals surface area contributed by atoms with E-state index in [4.69, 9.17) is 17.0 Å². The zero-order valence-corrected chi connectivity index (χ0v) is 21.3. The molecule has 2 aromatic heterocycles. The van der Waals surface area contributed by atoms with E-state index in [1.165, 1.54) is 0 Å². The standard InChI is InChI=1S/C22H34N8O3S/c1-6-29-13-18(15(3)25-29)12-23-21(34)24-19-14-30(26-16(19)4)17(5)20(31)27-8-10-28(11-9-27)22(32)33-7-2/h13-14,17H,6-12H2,1-5H3,(H2,23,24,34). The number of aromatic nitrogens is 4. The van der Waals surface area contributed by atoms with E-state index in [2.05, 4.69) is 20.8 Å². The molecule has 0 aromatic carbocycles. The molecule has 2 N–H and O–H groups in total. The smallest absolute Gasteiger partial charge is 0.409 e. The van der Waals surface area contributed by atoms with Gasteiger partial charge in [0, 0.05) is 57.2 Å². The van der Waals surface area contributed by atoms with Crippen LogP contribution in [0, 0.1) is 13.8 Å². The van der Waals surface area contributed by atoms with Crippen molar-refractivity contribution in [1.82, 2.24) is 34.7 Å². The van der Waals surface area contributed by atoms with Crippen molar-refractivity contribution in [2.45, 2.75) is 53.8 Å². The molecular weight excluding hydrogens is 456 g/mol. The average molecular weight is 491 g/mol. The molecule has 0 spiro atoms. The maximum Gasteiger partial charge on any atom is 0.409 e. The Hall–Kier alpha value is -3.15. The lowest BCUT2D eigenvalue weighted by atomic mass is 10.2. The third-order valence-electron chi connectivity index (χ3n) is 5.85. The fourth-order valence-corrected chi connectivity index (χ4v) is 3.92. The number of amides is 2. The van der Waals surface area contributed by atoms with Gasteiger partial charge in [-0.1, -0.05) is 0 Å². The van der Waals surface area contributed by atoms with Crippen LogP contribution in [0.4, 0.5) is 10.5 Å². The second kappa shape index (κ2) is 11.3. The summed E-state index contributed by atoms with van der Waals surface area (Å²) in [6.45, 7) is 13.1. The average Bonchev–Trinajstić information content (AvgIpc) is 3.38. The number of ether oxygens (including phenoxy) is 1. The van der Waals surface area contributed by atoms with Crippen LogP contribution < -0.4 is 10.6 Å². The molecule has 2 amide bonds. The number of nitrogens with zero attached hydrogens (tertiary/aromatic N) is 6. The van der Waals surface area contributed by atoms with Crippen molar-refractivity contribution in [2.24, 2.45) is 0 Å². The number of piperazine rings is 1. The van der Waals surface area contributed by atoms with Crippen LogP contribution in [0.1, 0.15) is 43.8 Å². The lowest BCUT2D eigenvalue weighted by Crippen LogP contribution is -2.52. The minimum Gasteiger partial charge on any atom is -0.450 e. The van der Waals surface area contributed by atoms with Crippen molar-refractivity contribution in [3.8, 4) is 0 Å². The topological polar surface area (TPSA) is 110 Å². The van der Waals surface area contributed by atoms with Gasteiger partial charge >= 0.3 is 6.09 Å². The Morgan fingerprint density at radius 1 is 1.09 bits per heavy atom. The van der Waals surface area contributed by atoms with Gasteiger partial charge in [-0.2, -0.15) is 10.2 Å². The minimum absolute atomic E-state index is 0.0401. The highest BCUT2D eigenvalue weighted by molar-refractivity contribution is 7.80. The summed E-state index contributed by atoms with van der Waals surface area (Å²) in [6.07, 6.45) is 3.47. The number of thiocarbonyl (C=S) groups is 1. The van der Waals surface area contributed by atoms with Crippen LogP contribution in [-0.2, 0) is 22.6 Å². The summed E-state index contributed by atoms with van der Waals surface area (Å²) in [5.41, 5.74) is 3.54. The second-order valence-electron chi connectivity index (χ2n) is 8.20. The van der Waals surface area contributed by atoms with Gasteiger partial charge in [0.25, 0.3) is 0 Å². The number of carbonyl (C=O) groups is 2. The van der Waals surface area contributed by atoms with E-state index in [0.29, 0.717) is 44.4 Å². The molecule has 3 rings (SSSR count). The van der Waals surface area contributed by atoms with Crippen LogP contribution in [0.2, 0.25) is 0 Å². The Kier molecular flexibility index (Phi) is 8.48. The van der Waals surface area contributed by atoms with Gasteiger partial charge in [0.15, 0.2) is 5.11 Å². The first-order chi connectivity index (χ1) is 16.2. The van der Waals surface area contributed by atoms with Gasteiger partial charge in [0.1, 0.15) is 6.04 Å². The summed E-state index contributed by atoms with van der Waals surface area (Å²) >= 11 is 5.45. The summed E-state index contributed by atoms with van der Waals surface area (Å²) in [5.74, 6) is -0.0401. The first-order valence-corrected chi connectivity index (χ1v) is 12.0. The van der Waals surface area contributed by atoms with Gasteiger partial charge < -0.3 is 25.2 Å². The Balaban J connectivity index is 1.54. The lowest BCUT2D eigenvalue weighted by molar-refractivity contribution is -0.136. The number of nitrogens with one attached hydrogen (secondary N) is 2. The number of anilines is 1. The minimum atomic E-state index is -0.479. The third-order valence-corrected chi connectivity index (χ3v) is 6.09. The normalized spacial score (nSPS) is 14.6. The van der Waals surface area contributed by atoms with Crippen LogP contribution >= 0.6 is 12.2 Å². The predicted octanol–water partition coefficient (Wildman–Crippen LogP) is 2.06. The van der Waals surface area contributed by atoms with Gasteiger partial charge in [-0.05, 0) is 46.8 Å². The van der Waals surface area contributed by atoms with E-state index < -0.39 is 6.04 Å². The summed E-state index contributed by atoms with van der Waals surface area (Å²) in [6, 6.07) is -0.479. The molecule has 1 atom stereocenters. The summed E-state index contributed by atoms with van der Waals surface area (Å²) < 4.78 is 8.58. The van der Waals surface area contributed by atoms with Crippen LogP contribution in [-0.4, -0.2) is 79.3 Å². The Morgan fingerprint density at radius 3 is 2.38 bits per heavy atom. The first-order valence-electron chi connectivity index (χ1n) is 11.6. The number of hydrogen-bond donors (Lipinski definition) is 2. The fourth-order valence-electron chi connectivity index (χ4n) is 3.74. The molecule has 12 heteroatoms. The Morgan fingerprint density at radius 2 is 1.76 bits per heavy atom.